The highest BCUT2D eigenvalue weighted by Crippen LogP contribution is 2.43. The van der Waals surface area contributed by atoms with Gasteiger partial charge in [-0.15, -0.1) is 0 Å². The van der Waals surface area contributed by atoms with Crippen LogP contribution in [0.3, 0.4) is 0 Å². The van der Waals surface area contributed by atoms with Crippen molar-refractivity contribution in [2.24, 2.45) is 0 Å². The Kier molecular flexibility index (Phi) is 9.24. The number of aromatic nitrogens is 1. The standard InChI is InChI=1S/C25H28Cl2N4O3S/c1-5-7-11-23-20(6-2)25(30(17(4)33)15-18-10-8-9-12-28-18)31(23)35(34)19-13-21(26)24(22(27)14-19)29-16(3)32/h6,8-10,12-14,23H,2,5,7,11,15H2,1,3-4H3,(H,29,32)/t23-,35?/m0/s1. The third-order valence-corrected chi connectivity index (χ3v) is 7.56. The molecule has 1 N–H and O–H groups in total. The average Bonchev–Trinajstić information content (AvgIpc) is 2.80. The molecule has 1 aliphatic rings. The first kappa shape index (κ1) is 27.1. The number of carbonyl (C=O) groups excluding carboxylic acids is 2. The minimum atomic E-state index is -1.73. The summed E-state index contributed by atoms with van der Waals surface area (Å²) in [4.78, 5) is 30.5. The number of rotatable bonds is 10. The zero-order chi connectivity index (χ0) is 25.7. The van der Waals surface area contributed by atoms with Crippen molar-refractivity contribution in [2.45, 2.75) is 57.5 Å². The van der Waals surface area contributed by atoms with Crippen molar-refractivity contribution in [1.29, 1.82) is 0 Å². The number of anilines is 1. The number of nitrogens with zero attached hydrogens (tertiary/aromatic N) is 3. The Labute approximate surface area is 219 Å². The van der Waals surface area contributed by atoms with Gasteiger partial charge in [-0.1, -0.05) is 61.7 Å². The van der Waals surface area contributed by atoms with Gasteiger partial charge in [0.2, 0.25) is 11.8 Å². The van der Waals surface area contributed by atoms with Crippen molar-refractivity contribution in [1.82, 2.24) is 14.2 Å². The van der Waals surface area contributed by atoms with Crippen LogP contribution in [0, 0.1) is 0 Å². The Hall–Kier alpha value is -2.52. The van der Waals surface area contributed by atoms with Gasteiger partial charge in [-0.3, -0.25) is 19.5 Å². The first-order valence-corrected chi connectivity index (χ1v) is 13.1. The second-order valence-electron chi connectivity index (χ2n) is 8.09. The molecule has 2 aromatic rings. The Balaban J connectivity index is 2.04. The Bertz CT molecular complexity index is 1120. The van der Waals surface area contributed by atoms with Gasteiger partial charge in [-0.25, -0.2) is 0 Å². The fraction of sp³-hybridized carbons (Fsp3) is 0.320. The number of benzene rings is 1. The number of halogens is 2. The van der Waals surface area contributed by atoms with E-state index in [1.165, 1.54) is 26.0 Å². The van der Waals surface area contributed by atoms with E-state index in [1.807, 2.05) is 12.1 Å². The van der Waals surface area contributed by atoms with Crippen molar-refractivity contribution in [3.63, 3.8) is 0 Å². The maximum atomic E-state index is 13.9. The summed E-state index contributed by atoms with van der Waals surface area (Å²) in [6, 6.07) is 8.34. The van der Waals surface area contributed by atoms with Crippen molar-refractivity contribution in [3.05, 3.63) is 76.3 Å². The number of amides is 2. The fourth-order valence-electron chi connectivity index (χ4n) is 3.90. The molecule has 1 unspecified atom stereocenters. The summed E-state index contributed by atoms with van der Waals surface area (Å²) in [5.41, 5.74) is 1.81. The first-order chi connectivity index (χ1) is 16.7. The third-order valence-electron chi connectivity index (χ3n) is 5.54. The van der Waals surface area contributed by atoms with Crippen LogP contribution < -0.4 is 5.32 Å². The van der Waals surface area contributed by atoms with Crippen molar-refractivity contribution < 1.29 is 14.1 Å². The molecule has 2 heterocycles. The normalized spacial score (nSPS) is 15.9. The number of carbonyl (C=O) groups is 2. The summed E-state index contributed by atoms with van der Waals surface area (Å²) in [5.74, 6) is -0.00806. The maximum Gasteiger partial charge on any atom is 0.225 e. The Morgan fingerprint density at radius 2 is 1.97 bits per heavy atom. The molecular weight excluding hydrogens is 507 g/mol. The van der Waals surface area contributed by atoms with E-state index < -0.39 is 11.4 Å². The van der Waals surface area contributed by atoms with Gasteiger partial charge in [-0.2, -0.15) is 4.31 Å². The van der Waals surface area contributed by atoms with E-state index in [0.717, 1.165) is 24.8 Å². The van der Waals surface area contributed by atoms with Gasteiger partial charge in [0.05, 0.1) is 28.0 Å². The number of hydrogen-bond donors (Lipinski definition) is 1. The van der Waals surface area contributed by atoms with Crippen LogP contribution in [0.1, 0.15) is 45.7 Å². The van der Waals surface area contributed by atoms with E-state index in [1.54, 1.807) is 27.5 Å². The molecule has 0 spiro atoms. The molecule has 2 amide bonds. The van der Waals surface area contributed by atoms with Crippen LogP contribution in [-0.4, -0.2) is 36.6 Å². The molecule has 35 heavy (non-hydrogen) atoms. The Morgan fingerprint density at radius 3 is 2.49 bits per heavy atom. The highest BCUT2D eigenvalue weighted by molar-refractivity contribution is 7.89. The monoisotopic (exact) mass is 534 g/mol. The summed E-state index contributed by atoms with van der Waals surface area (Å²) in [6.07, 6.45) is 6.00. The minimum Gasteiger partial charge on any atom is -0.588 e. The second-order valence-corrected chi connectivity index (χ2v) is 10.3. The quantitative estimate of drug-likeness (QED) is 0.395. The van der Waals surface area contributed by atoms with Gasteiger partial charge in [-0.05, 0) is 18.6 Å². The lowest BCUT2D eigenvalue weighted by Crippen LogP contribution is -2.55. The minimum absolute atomic E-state index is 0.174. The lowest BCUT2D eigenvalue weighted by Gasteiger charge is -2.47. The van der Waals surface area contributed by atoms with E-state index in [2.05, 4.69) is 23.8 Å². The Morgan fingerprint density at radius 1 is 1.29 bits per heavy atom. The molecule has 0 aliphatic carbocycles. The van der Waals surface area contributed by atoms with E-state index >= 15 is 0 Å². The summed E-state index contributed by atoms with van der Waals surface area (Å²) in [6.45, 7) is 9.08. The van der Waals surface area contributed by atoms with Gasteiger partial charge in [0.1, 0.15) is 17.4 Å². The fourth-order valence-corrected chi connectivity index (χ4v) is 6.09. The summed E-state index contributed by atoms with van der Waals surface area (Å²) in [7, 11) is 0. The molecular formula is C25H28Cl2N4O3S. The van der Waals surface area contributed by atoms with Crippen LogP contribution in [0.5, 0.6) is 0 Å². The smallest absolute Gasteiger partial charge is 0.225 e. The zero-order valence-electron chi connectivity index (χ0n) is 19.9. The third kappa shape index (κ3) is 6.01. The molecule has 1 aromatic carbocycles. The number of nitrogens with one attached hydrogen (secondary N) is 1. The second kappa shape index (κ2) is 11.9. The number of hydrogen-bond acceptors (Lipinski definition) is 5. The molecule has 0 fully saturated rings. The zero-order valence-corrected chi connectivity index (χ0v) is 22.2. The van der Waals surface area contributed by atoms with E-state index in [-0.39, 0.29) is 40.1 Å². The van der Waals surface area contributed by atoms with Gasteiger partial charge < -0.3 is 9.87 Å². The number of unbranched alkanes of at least 4 members (excludes halogenated alkanes) is 1. The van der Waals surface area contributed by atoms with Gasteiger partial charge in [0.25, 0.3) is 0 Å². The predicted octanol–water partition coefficient (Wildman–Crippen LogP) is 5.69. The van der Waals surface area contributed by atoms with Crippen LogP contribution in [-0.2, 0) is 27.5 Å². The van der Waals surface area contributed by atoms with E-state index in [0.29, 0.717) is 16.4 Å². The van der Waals surface area contributed by atoms with Crippen molar-refractivity contribution in [3.8, 4) is 0 Å². The molecule has 10 heteroatoms. The average molecular weight is 535 g/mol. The van der Waals surface area contributed by atoms with Gasteiger partial charge in [0.15, 0.2) is 10.7 Å². The molecule has 1 aromatic heterocycles. The van der Waals surface area contributed by atoms with Gasteiger partial charge >= 0.3 is 0 Å². The van der Waals surface area contributed by atoms with Crippen molar-refractivity contribution in [2.75, 3.05) is 5.32 Å². The first-order valence-electron chi connectivity index (χ1n) is 11.2. The summed E-state index contributed by atoms with van der Waals surface area (Å²) >= 11 is 11.0. The summed E-state index contributed by atoms with van der Waals surface area (Å²) in [5, 5.41) is 2.94. The maximum absolute atomic E-state index is 13.9. The van der Waals surface area contributed by atoms with E-state index in [9.17, 15) is 14.1 Å². The van der Waals surface area contributed by atoms with E-state index in [4.69, 9.17) is 23.2 Å². The molecule has 0 saturated heterocycles. The molecule has 186 valence electrons. The van der Waals surface area contributed by atoms with Crippen LogP contribution in [0.2, 0.25) is 10.0 Å². The van der Waals surface area contributed by atoms with Crippen LogP contribution in [0.15, 0.2) is 65.5 Å². The van der Waals surface area contributed by atoms with Crippen molar-refractivity contribution >= 4 is 52.1 Å². The van der Waals surface area contributed by atoms with Crippen LogP contribution in [0.25, 0.3) is 0 Å². The molecule has 0 saturated carbocycles. The highest BCUT2D eigenvalue weighted by atomic mass is 35.5. The molecule has 1 aliphatic heterocycles. The topological polar surface area (TPSA) is 88.6 Å². The molecule has 0 radical (unpaired) electrons. The molecule has 2 atom stereocenters. The molecule has 3 rings (SSSR count). The molecule has 7 nitrogen and oxygen atoms in total. The van der Waals surface area contributed by atoms with Crippen LogP contribution >= 0.6 is 23.2 Å². The lowest BCUT2D eigenvalue weighted by molar-refractivity contribution is -0.129. The summed E-state index contributed by atoms with van der Waals surface area (Å²) < 4.78 is 15.6. The highest BCUT2D eigenvalue weighted by Gasteiger charge is 2.48. The molecule has 0 bridgehead atoms. The van der Waals surface area contributed by atoms with Crippen LogP contribution in [0.4, 0.5) is 5.69 Å². The number of pyridine rings is 1. The largest absolute Gasteiger partial charge is 0.588 e. The SMILES string of the molecule is C=CC1=C(N(Cc2ccccn2)C(C)=O)N([S+]([O-])c2cc(Cl)c(NC(C)=O)c(Cl)c2)[C@H]1CCCC. The lowest BCUT2D eigenvalue weighted by atomic mass is 9.94. The van der Waals surface area contributed by atoms with Gasteiger partial charge in [0, 0.05) is 37.8 Å². The predicted molar refractivity (Wildman–Crippen MR) is 140 cm³/mol.